The summed E-state index contributed by atoms with van der Waals surface area (Å²) in [7, 11) is 0. The van der Waals surface area contributed by atoms with E-state index in [1.807, 2.05) is 30.3 Å². The second-order valence-corrected chi connectivity index (χ2v) is 8.26. The number of carbonyl (C=O) groups excluding carboxylic acids is 2. The third-order valence-corrected chi connectivity index (χ3v) is 5.35. The van der Waals surface area contributed by atoms with E-state index in [1.54, 1.807) is 32.0 Å². The number of hydrazone groups is 1. The van der Waals surface area contributed by atoms with E-state index in [0.29, 0.717) is 16.3 Å². The maximum Gasteiger partial charge on any atom is 0.262 e. The van der Waals surface area contributed by atoms with Crippen molar-refractivity contribution in [2.75, 3.05) is 0 Å². The zero-order chi connectivity index (χ0) is 24.5. The highest BCUT2D eigenvalue weighted by molar-refractivity contribution is 6.31. The van der Waals surface area contributed by atoms with Crippen molar-refractivity contribution >= 4 is 29.6 Å². The van der Waals surface area contributed by atoms with Crippen molar-refractivity contribution < 1.29 is 18.7 Å². The van der Waals surface area contributed by atoms with Gasteiger partial charge >= 0.3 is 0 Å². The van der Waals surface area contributed by atoms with Gasteiger partial charge in [0.25, 0.3) is 11.8 Å². The van der Waals surface area contributed by atoms with Gasteiger partial charge in [0.05, 0.1) is 6.21 Å². The first-order chi connectivity index (χ1) is 16.3. The molecule has 0 spiro atoms. The van der Waals surface area contributed by atoms with Crippen LogP contribution in [0.25, 0.3) is 0 Å². The Morgan fingerprint density at radius 3 is 2.41 bits per heavy atom. The van der Waals surface area contributed by atoms with Crippen molar-refractivity contribution in [2.45, 2.75) is 26.5 Å². The number of hydrogen-bond acceptors (Lipinski definition) is 4. The van der Waals surface area contributed by atoms with Gasteiger partial charge in [-0.2, -0.15) is 5.10 Å². The lowest BCUT2D eigenvalue weighted by Gasteiger charge is -2.20. The van der Waals surface area contributed by atoms with Crippen LogP contribution < -0.4 is 15.5 Å². The van der Waals surface area contributed by atoms with Crippen LogP contribution in [0, 0.1) is 11.7 Å². The van der Waals surface area contributed by atoms with Gasteiger partial charge in [0, 0.05) is 21.7 Å². The lowest BCUT2D eigenvalue weighted by Crippen LogP contribution is -2.48. The molecule has 2 N–H and O–H groups in total. The Hall–Kier alpha value is -3.71. The highest BCUT2D eigenvalue weighted by Crippen LogP contribution is 2.21. The number of hydrogen-bond donors (Lipinski definition) is 2. The molecule has 8 heteroatoms. The van der Waals surface area contributed by atoms with Gasteiger partial charge < -0.3 is 10.1 Å². The SMILES string of the molecule is CC(C)C(NC(=O)c1ccc(F)cc1)C(=O)NN=Cc1ccccc1OCc1ccccc1Cl. The van der Waals surface area contributed by atoms with Gasteiger partial charge in [0.2, 0.25) is 0 Å². The lowest BCUT2D eigenvalue weighted by molar-refractivity contribution is -0.123. The van der Waals surface area contributed by atoms with Crippen molar-refractivity contribution in [3.8, 4) is 5.75 Å². The molecule has 0 bridgehead atoms. The number of carbonyl (C=O) groups is 2. The van der Waals surface area contributed by atoms with Crippen LogP contribution in [0.5, 0.6) is 5.75 Å². The van der Waals surface area contributed by atoms with Gasteiger partial charge in [-0.1, -0.05) is 55.8 Å². The fourth-order valence-corrected chi connectivity index (χ4v) is 3.28. The summed E-state index contributed by atoms with van der Waals surface area (Å²) in [5.41, 5.74) is 4.23. The van der Waals surface area contributed by atoms with Crippen molar-refractivity contribution in [2.24, 2.45) is 11.0 Å². The summed E-state index contributed by atoms with van der Waals surface area (Å²) < 4.78 is 19.0. The van der Waals surface area contributed by atoms with Gasteiger partial charge in [-0.3, -0.25) is 9.59 Å². The molecule has 3 aromatic rings. The van der Waals surface area contributed by atoms with E-state index in [4.69, 9.17) is 16.3 Å². The number of ether oxygens (including phenoxy) is 1. The van der Waals surface area contributed by atoms with E-state index in [2.05, 4.69) is 15.8 Å². The van der Waals surface area contributed by atoms with E-state index in [-0.39, 0.29) is 18.1 Å². The molecule has 3 rings (SSSR count). The molecule has 0 saturated heterocycles. The molecule has 0 aliphatic rings. The third kappa shape index (κ3) is 6.89. The Balaban J connectivity index is 1.63. The molecule has 1 atom stereocenters. The number of rotatable bonds is 9. The highest BCUT2D eigenvalue weighted by atomic mass is 35.5. The predicted molar refractivity (Wildman–Crippen MR) is 130 cm³/mol. The quantitative estimate of drug-likeness (QED) is 0.335. The Morgan fingerprint density at radius 1 is 1.03 bits per heavy atom. The first-order valence-corrected chi connectivity index (χ1v) is 11.1. The molecule has 0 aromatic heterocycles. The maximum absolute atomic E-state index is 13.1. The number of amides is 2. The molecule has 6 nitrogen and oxygen atoms in total. The van der Waals surface area contributed by atoms with Crippen molar-refractivity contribution in [1.29, 1.82) is 0 Å². The summed E-state index contributed by atoms with van der Waals surface area (Å²) in [4.78, 5) is 25.1. The summed E-state index contributed by atoms with van der Waals surface area (Å²) >= 11 is 6.19. The molecule has 176 valence electrons. The molecule has 0 aliphatic carbocycles. The van der Waals surface area contributed by atoms with E-state index in [1.165, 1.54) is 30.5 Å². The summed E-state index contributed by atoms with van der Waals surface area (Å²) in [5, 5.41) is 7.32. The predicted octanol–water partition coefficient (Wildman–Crippen LogP) is 4.96. The van der Waals surface area contributed by atoms with Crippen molar-refractivity contribution in [3.63, 3.8) is 0 Å². The van der Waals surface area contributed by atoms with E-state index >= 15 is 0 Å². The summed E-state index contributed by atoms with van der Waals surface area (Å²) in [6.45, 7) is 3.88. The second kappa shape index (κ2) is 12.0. The van der Waals surface area contributed by atoms with Crippen LogP contribution in [0.1, 0.15) is 35.3 Å². The Labute approximate surface area is 202 Å². The average molecular weight is 482 g/mol. The van der Waals surface area contributed by atoms with Gasteiger partial charge in [0.1, 0.15) is 24.2 Å². The van der Waals surface area contributed by atoms with E-state index < -0.39 is 23.7 Å². The first kappa shape index (κ1) is 24.9. The highest BCUT2D eigenvalue weighted by Gasteiger charge is 2.24. The number of benzene rings is 3. The van der Waals surface area contributed by atoms with Gasteiger partial charge in [-0.05, 0) is 48.4 Å². The van der Waals surface area contributed by atoms with Crippen LogP contribution in [0.15, 0.2) is 77.9 Å². The normalized spacial score (nSPS) is 11.9. The molecule has 1 unspecified atom stereocenters. The largest absolute Gasteiger partial charge is 0.488 e. The number of nitrogens with zero attached hydrogens (tertiary/aromatic N) is 1. The van der Waals surface area contributed by atoms with Crippen LogP contribution >= 0.6 is 11.6 Å². The molecule has 0 aliphatic heterocycles. The standard InChI is InChI=1S/C26H25ClFN3O3/c1-17(2)24(30-25(32)18-11-13-21(28)14-12-18)26(33)31-29-15-19-7-4-6-10-23(19)34-16-20-8-3-5-9-22(20)27/h3-15,17,24H,16H2,1-2H3,(H,30,32)(H,31,33). The van der Waals surface area contributed by atoms with Crippen molar-refractivity contribution in [1.82, 2.24) is 10.7 Å². The number of para-hydroxylation sites is 1. The van der Waals surface area contributed by atoms with Crippen LogP contribution in [0.2, 0.25) is 5.02 Å². The minimum atomic E-state index is -0.832. The molecule has 0 saturated carbocycles. The fourth-order valence-electron chi connectivity index (χ4n) is 3.09. The zero-order valence-corrected chi connectivity index (χ0v) is 19.6. The minimum absolute atomic E-state index is 0.203. The van der Waals surface area contributed by atoms with Crippen LogP contribution in [-0.2, 0) is 11.4 Å². The molecule has 0 heterocycles. The van der Waals surface area contributed by atoms with Gasteiger partial charge in [-0.15, -0.1) is 0 Å². The topological polar surface area (TPSA) is 79.8 Å². The molecule has 2 amide bonds. The third-order valence-electron chi connectivity index (χ3n) is 4.98. The number of halogens is 2. The Morgan fingerprint density at radius 2 is 1.71 bits per heavy atom. The molecule has 0 fully saturated rings. The average Bonchev–Trinajstić information content (AvgIpc) is 2.82. The van der Waals surface area contributed by atoms with Gasteiger partial charge in [-0.25, -0.2) is 9.82 Å². The minimum Gasteiger partial charge on any atom is -0.488 e. The fraction of sp³-hybridized carbons (Fsp3) is 0.192. The molecular weight excluding hydrogens is 457 g/mol. The Kier molecular flexibility index (Phi) is 8.76. The monoisotopic (exact) mass is 481 g/mol. The first-order valence-electron chi connectivity index (χ1n) is 10.7. The summed E-state index contributed by atoms with van der Waals surface area (Å²) in [6, 6.07) is 18.9. The van der Waals surface area contributed by atoms with Crippen molar-refractivity contribution in [3.05, 3.63) is 100 Å². The molecular formula is C26H25ClFN3O3. The molecule has 0 radical (unpaired) electrons. The maximum atomic E-state index is 13.1. The summed E-state index contributed by atoms with van der Waals surface area (Å²) in [5.74, 6) is -1.02. The lowest BCUT2D eigenvalue weighted by atomic mass is 10.0. The second-order valence-electron chi connectivity index (χ2n) is 7.85. The number of nitrogens with one attached hydrogen (secondary N) is 2. The summed E-state index contributed by atoms with van der Waals surface area (Å²) in [6.07, 6.45) is 1.47. The zero-order valence-electron chi connectivity index (χ0n) is 18.8. The van der Waals surface area contributed by atoms with E-state index in [0.717, 1.165) is 5.56 Å². The Bertz CT molecular complexity index is 1170. The smallest absolute Gasteiger partial charge is 0.262 e. The van der Waals surface area contributed by atoms with Crippen LogP contribution in [-0.4, -0.2) is 24.1 Å². The van der Waals surface area contributed by atoms with Crippen LogP contribution in [0.3, 0.4) is 0 Å². The molecule has 34 heavy (non-hydrogen) atoms. The van der Waals surface area contributed by atoms with E-state index in [9.17, 15) is 14.0 Å². The molecule has 3 aromatic carbocycles. The van der Waals surface area contributed by atoms with Crippen LogP contribution in [0.4, 0.5) is 4.39 Å². The van der Waals surface area contributed by atoms with Gasteiger partial charge in [0.15, 0.2) is 0 Å².